The van der Waals surface area contributed by atoms with Gasteiger partial charge in [0.1, 0.15) is 0 Å². The number of aromatic nitrogens is 1. The van der Waals surface area contributed by atoms with Crippen molar-refractivity contribution in [2.75, 3.05) is 0 Å². The number of halogens is 1. The maximum atomic E-state index is 11.3. The van der Waals surface area contributed by atoms with Crippen LogP contribution in [-0.4, -0.2) is 16.1 Å². The molecule has 88 valence electrons. The third-order valence-corrected chi connectivity index (χ3v) is 3.57. The minimum Gasteiger partial charge on any atom is -0.481 e. The lowest BCUT2D eigenvalue weighted by Crippen LogP contribution is -2.14. The van der Waals surface area contributed by atoms with E-state index >= 15 is 0 Å². The quantitative estimate of drug-likeness (QED) is 0.942. The molecule has 2 aromatic rings. The Morgan fingerprint density at radius 2 is 2.35 bits per heavy atom. The normalized spacial score (nSPS) is 12.3. The van der Waals surface area contributed by atoms with Crippen LogP contribution in [0, 0.1) is 0 Å². The second-order valence-corrected chi connectivity index (χ2v) is 5.26. The van der Waals surface area contributed by atoms with Gasteiger partial charge < -0.3 is 5.11 Å². The van der Waals surface area contributed by atoms with Gasteiger partial charge in [0.2, 0.25) is 0 Å². The standard InChI is InChI=1S/C12H10BrNO2S/c13-9-3-1-2-8(4-9)11(12(15)16)5-10-6-17-7-14-10/h1-4,6-7,11H,5H2,(H,15,16). The summed E-state index contributed by atoms with van der Waals surface area (Å²) >= 11 is 4.83. The highest BCUT2D eigenvalue weighted by molar-refractivity contribution is 9.10. The Morgan fingerprint density at radius 1 is 1.53 bits per heavy atom. The monoisotopic (exact) mass is 311 g/mol. The van der Waals surface area contributed by atoms with E-state index in [1.165, 1.54) is 11.3 Å². The zero-order chi connectivity index (χ0) is 12.3. The first-order valence-electron chi connectivity index (χ1n) is 5.02. The molecule has 0 aliphatic carbocycles. The lowest BCUT2D eigenvalue weighted by Gasteiger charge is -2.11. The van der Waals surface area contributed by atoms with E-state index in [1.54, 1.807) is 5.51 Å². The SMILES string of the molecule is O=C(O)C(Cc1cscn1)c1cccc(Br)c1. The Morgan fingerprint density at radius 3 is 2.94 bits per heavy atom. The van der Waals surface area contributed by atoms with Gasteiger partial charge in [-0.15, -0.1) is 11.3 Å². The van der Waals surface area contributed by atoms with E-state index in [0.29, 0.717) is 6.42 Å². The number of hydrogen-bond acceptors (Lipinski definition) is 3. The maximum absolute atomic E-state index is 11.3. The van der Waals surface area contributed by atoms with Crippen molar-refractivity contribution >= 4 is 33.2 Å². The maximum Gasteiger partial charge on any atom is 0.311 e. The summed E-state index contributed by atoms with van der Waals surface area (Å²) in [6, 6.07) is 7.39. The van der Waals surface area contributed by atoms with Crippen molar-refractivity contribution in [2.24, 2.45) is 0 Å². The van der Waals surface area contributed by atoms with Gasteiger partial charge in [0, 0.05) is 16.3 Å². The third-order valence-electron chi connectivity index (χ3n) is 2.45. The third kappa shape index (κ3) is 3.14. The highest BCUT2D eigenvalue weighted by atomic mass is 79.9. The molecule has 1 atom stereocenters. The Bertz CT molecular complexity index is 513. The van der Waals surface area contributed by atoms with Gasteiger partial charge in [-0.25, -0.2) is 4.98 Å². The summed E-state index contributed by atoms with van der Waals surface area (Å²) in [5.74, 6) is -1.37. The van der Waals surface area contributed by atoms with Crippen molar-refractivity contribution in [3.63, 3.8) is 0 Å². The molecule has 1 aromatic heterocycles. The fourth-order valence-electron chi connectivity index (χ4n) is 1.62. The molecule has 5 heteroatoms. The molecule has 0 saturated heterocycles. The molecular formula is C12H10BrNO2S. The molecule has 0 saturated carbocycles. The van der Waals surface area contributed by atoms with Crippen LogP contribution in [0.1, 0.15) is 17.2 Å². The Kier molecular flexibility index (Phi) is 3.91. The van der Waals surface area contributed by atoms with Crippen LogP contribution in [-0.2, 0) is 11.2 Å². The van der Waals surface area contributed by atoms with Gasteiger partial charge in [0.15, 0.2) is 0 Å². The minimum atomic E-state index is -0.823. The number of carbonyl (C=O) groups is 1. The Labute approximate surface area is 111 Å². The van der Waals surface area contributed by atoms with Crippen LogP contribution in [0.25, 0.3) is 0 Å². The molecule has 1 unspecified atom stereocenters. The van der Waals surface area contributed by atoms with E-state index in [-0.39, 0.29) is 0 Å². The number of rotatable bonds is 4. The van der Waals surface area contributed by atoms with Crippen LogP contribution in [0.3, 0.4) is 0 Å². The molecule has 1 heterocycles. The molecule has 1 N–H and O–H groups in total. The summed E-state index contributed by atoms with van der Waals surface area (Å²) in [5.41, 5.74) is 3.33. The van der Waals surface area contributed by atoms with Crippen LogP contribution in [0.2, 0.25) is 0 Å². The van der Waals surface area contributed by atoms with Crippen LogP contribution >= 0.6 is 27.3 Å². The lowest BCUT2D eigenvalue weighted by atomic mass is 9.95. The minimum absolute atomic E-state index is 0.426. The van der Waals surface area contributed by atoms with Crippen molar-refractivity contribution in [3.8, 4) is 0 Å². The topological polar surface area (TPSA) is 50.2 Å². The first-order chi connectivity index (χ1) is 8.16. The molecular weight excluding hydrogens is 302 g/mol. The summed E-state index contributed by atoms with van der Waals surface area (Å²) in [7, 11) is 0. The number of benzene rings is 1. The van der Waals surface area contributed by atoms with E-state index in [4.69, 9.17) is 0 Å². The predicted molar refractivity (Wildman–Crippen MR) is 70.3 cm³/mol. The molecule has 0 fully saturated rings. The molecule has 17 heavy (non-hydrogen) atoms. The molecule has 3 nitrogen and oxygen atoms in total. The van der Waals surface area contributed by atoms with Gasteiger partial charge in [-0.05, 0) is 17.7 Å². The zero-order valence-corrected chi connectivity index (χ0v) is 11.2. The lowest BCUT2D eigenvalue weighted by molar-refractivity contribution is -0.138. The Balaban J connectivity index is 2.26. The highest BCUT2D eigenvalue weighted by Gasteiger charge is 2.21. The average molecular weight is 312 g/mol. The summed E-state index contributed by atoms with van der Waals surface area (Å²) in [5, 5.41) is 11.2. The van der Waals surface area contributed by atoms with E-state index in [0.717, 1.165) is 15.7 Å². The number of thiazole rings is 1. The highest BCUT2D eigenvalue weighted by Crippen LogP contribution is 2.24. The summed E-state index contributed by atoms with van der Waals surface area (Å²) in [6.45, 7) is 0. The molecule has 0 bridgehead atoms. The van der Waals surface area contributed by atoms with Crippen molar-refractivity contribution < 1.29 is 9.90 Å². The number of nitrogens with zero attached hydrogens (tertiary/aromatic N) is 1. The predicted octanol–water partition coefficient (Wildman–Crippen LogP) is 3.32. The average Bonchev–Trinajstić information content (AvgIpc) is 2.78. The molecule has 1 aromatic carbocycles. The fraction of sp³-hybridized carbons (Fsp3) is 0.167. The number of carboxylic acid groups (broad SMARTS) is 1. The largest absolute Gasteiger partial charge is 0.481 e. The Hall–Kier alpha value is -1.20. The summed E-state index contributed by atoms with van der Waals surface area (Å²) < 4.78 is 0.888. The van der Waals surface area contributed by atoms with Crippen LogP contribution in [0.15, 0.2) is 39.6 Å². The molecule has 2 rings (SSSR count). The van der Waals surface area contributed by atoms with Gasteiger partial charge >= 0.3 is 5.97 Å². The van der Waals surface area contributed by atoms with Gasteiger partial charge in [-0.3, -0.25) is 4.79 Å². The van der Waals surface area contributed by atoms with Crippen LogP contribution < -0.4 is 0 Å². The molecule has 0 aliphatic rings. The van der Waals surface area contributed by atoms with E-state index < -0.39 is 11.9 Å². The smallest absolute Gasteiger partial charge is 0.311 e. The van der Waals surface area contributed by atoms with Crippen molar-refractivity contribution in [3.05, 3.63) is 50.9 Å². The summed E-state index contributed by atoms with van der Waals surface area (Å²) in [6.07, 6.45) is 0.426. The molecule has 0 spiro atoms. The summed E-state index contributed by atoms with van der Waals surface area (Å²) in [4.78, 5) is 15.4. The van der Waals surface area contributed by atoms with E-state index in [9.17, 15) is 9.90 Å². The van der Waals surface area contributed by atoms with Gasteiger partial charge in [-0.2, -0.15) is 0 Å². The van der Waals surface area contributed by atoms with Crippen molar-refractivity contribution in [2.45, 2.75) is 12.3 Å². The molecule has 0 aliphatic heterocycles. The molecule has 0 amide bonds. The first kappa shape index (κ1) is 12.3. The van der Waals surface area contributed by atoms with Crippen LogP contribution in [0.5, 0.6) is 0 Å². The van der Waals surface area contributed by atoms with E-state index in [2.05, 4.69) is 20.9 Å². The van der Waals surface area contributed by atoms with Gasteiger partial charge in [0.25, 0.3) is 0 Å². The van der Waals surface area contributed by atoms with Gasteiger partial charge in [0.05, 0.1) is 17.1 Å². The van der Waals surface area contributed by atoms with E-state index in [1.807, 2.05) is 29.6 Å². The number of carboxylic acids is 1. The second-order valence-electron chi connectivity index (χ2n) is 3.63. The van der Waals surface area contributed by atoms with Crippen molar-refractivity contribution in [1.82, 2.24) is 4.98 Å². The van der Waals surface area contributed by atoms with Gasteiger partial charge in [-0.1, -0.05) is 28.1 Å². The first-order valence-corrected chi connectivity index (χ1v) is 6.75. The second kappa shape index (κ2) is 5.42. The number of hydrogen-bond donors (Lipinski definition) is 1. The van der Waals surface area contributed by atoms with Crippen LogP contribution in [0.4, 0.5) is 0 Å². The molecule has 0 radical (unpaired) electrons. The fourth-order valence-corrected chi connectivity index (χ4v) is 2.61. The van der Waals surface area contributed by atoms with Crippen molar-refractivity contribution in [1.29, 1.82) is 0 Å². The number of aliphatic carboxylic acids is 1. The zero-order valence-electron chi connectivity index (χ0n) is 8.84.